The van der Waals surface area contributed by atoms with E-state index < -0.39 is 0 Å². The summed E-state index contributed by atoms with van der Waals surface area (Å²) in [6.07, 6.45) is 0.927. The number of hydrogen-bond donors (Lipinski definition) is 1. The Balaban J connectivity index is 1.49. The molecule has 0 bridgehead atoms. The van der Waals surface area contributed by atoms with Gasteiger partial charge in [0.25, 0.3) is 0 Å². The fourth-order valence-corrected chi connectivity index (χ4v) is 4.51. The molecule has 1 fully saturated rings. The van der Waals surface area contributed by atoms with E-state index in [-0.39, 0.29) is 12.0 Å². The van der Waals surface area contributed by atoms with E-state index in [9.17, 15) is 4.79 Å². The Bertz CT molecular complexity index is 1050. The quantitative estimate of drug-likeness (QED) is 0.481. The minimum absolute atomic E-state index is 0.275. The average molecular weight is 460 g/mol. The van der Waals surface area contributed by atoms with E-state index in [0.29, 0.717) is 17.9 Å². The maximum absolute atomic E-state index is 12.3. The number of hydrogen-bond acceptors (Lipinski definition) is 6. The third kappa shape index (κ3) is 5.88. The number of benzene rings is 3. The average Bonchev–Trinajstić information content (AvgIpc) is 2.91. The number of carbonyl (C=O) groups is 1. The Kier molecular flexibility index (Phi) is 8.04. The summed E-state index contributed by atoms with van der Waals surface area (Å²) in [6, 6.07) is 26.8. The summed E-state index contributed by atoms with van der Waals surface area (Å²) in [5.74, 6) is 0.340. The fourth-order valence-electron chi connectivity index (χ4n) is 4.51. The van der Waals surface area contributed by atoms with E-state index in [2.05, 4.69) is 69.7 Å². The molecule has 1 aliphatic rings. The lowest BCUT2D eigenvalue weighted by molar-refractivity contribution is 0.0601. The number of piperazine rings is 1. The molecule has 1 atom stereocenters. The third-order valence-electron chi connectivity index (χ3n) is 6.43. The first kappa shape index (κ1) is 23.6. The van der Waals surface area contributed by atoms with E-state index in [4.69, 9.17) is 9.47 Å². The molecule has 0 aliphatic carbocycles. The molecule has 4 rings (SSSR count). The van der Waals surface area contributed by atoms with E-state index in [0.717, 1.165) is 38.3 Å². The number of nitrogens with one attached hydrogen (secondary N) is 1. The highest BCUT2D eigenvalue weighted by atomic mass is 16.5. The van der Waals surface area contributed by atoms with Gasteiger partial charge in [-0.1, -0.05) is 48.5 Å². The van der Waals surface area contributed by atoms with Gasteiger partial charge in [-0.05, 0) is 36.2 Å². The molecule has 3 aromatic carbocycles. The second kappa shape index (κ2) is 11.6. The van der Waals surface area contributed by atoms with Crippen molar-refractivity contribution in [2.75, 3.05) is 57.2 Å². The van der Waals surface area contributed by atoms with Crippen molar-refractivity contribution in [1.82, 2.24) is 4.90 Å². The van der Waals surface area contributed by atoms with Crippen molar-refractivity contribution in [3.05, 3.63) is 90.0 Å². The van der Waals surface area contributed by atoms with Crippen LogP contribution in [0.5, 0.6) is 5.75 Å². The number of esters is 1. The van der Waals surface area contributed by atoms with Gasteiger partial charge in [-0.2, -0.15) is 0 Å². The Morgan fingerprint density at radius 3 is 2.24 bits per heavy atom. The van der Waals surface area contributed by atoms with Gasteiger partial charge in [0.15, 0.2) is 0 Å². The second-order valence-electron chi connectivity index (χ2n) is 8.49. The Morgan fingerprint density at radius 1 is 0.912 bits per heavy atom. The minimum atomic E-state index is -0.360. The fraction of sp³-hybridized carbons (Fsp3) is 0.321. The van der Waals surface area contributed by atoms with Crippen LogP contribution in [-0.4, -0.2) is 63.9 Å². The first-order valence-electron chi connectivity index (χ1n) is 11.8. The molecule has 0 spiro atoms. The molecule has 34 heavy (non-hydrogen) atoms. The van der Waals surface area contributed by atoms with Crippen LogP contribution in [0.2, 0.25) is 0 Å². The third-order valence-corrected chi connectivity index (χ3v) is 6.43. The van der Waals surface area contributed by atoms with Crippen LogP contribution < -0.4 is 15.0 Å². The van der Waals surface area contributed by atoms with Crippen LogP contribution in [0.25, 0.3) is 0 Å². The highest BCUT2D eigenvalue weighted by Gasteiger charge is 2.25. The Morgan fingerprint density at radius 2 is 1.59 bits per heavy atom. The van der Waals surface area contributed by atoms with E-state index in [1.54, 1.807) is 19.2 Å². The predicted molar refractivity (Wildman–Crippen MR) is 137 cm³/mol. The largest absolute Gasteiger partial charge is 0.497 e. The smallest absolute Gasteiger partial charge is 0.339 e. The molecular formula is C28H33N3O3. The number of carbonyl (C=O) groups excluding carboxylic acids is 1. The molecule has 0 amide bonds. The molecule has 3 aromatic rings. The van der Waals surface area contributed by atoms with Crippen LogP contribution in [0.15, 0.2) is 78.9 Å². The molecule has 1 saturated heterocycles. The summed E-state index contributed by atoms with van der Waals surface area (Å²) in [5.41, 5.74) is 3.82. The first-order chi connectivity index (χ1) is 16.7. The van der Waals surface area contributed by atoms with E-state index in [1.807, 2.05) is 12.1 Å². The van der Waals surface area contributed by atoms with Crippen LogP contribution in [0, 0.1) is 0 Å². The lowest BCUT2D eigenvalue weighted by Crippen LogP contribution is -2.53. The van der Waals surface area contributed by atoms with Crippen molar-refractivity contribution in [3.8, 4) is 5.75 Å². The SMILES string of the molecule is COC(=O)c1ccc(OC)cc1NCC(Cc1ccccc1)N1CCN(c2ccccc2)CC1. The standard InChI is InChI=1S/C28H33N3O3/c1-33-25-13-14-26(28(32)34-2)27(20-25)29-21-24(19-22-9-5-3-6-10-22)31-17-15-30(16-18-31)23-11-7-4-8-12-23/h3-14,20,24,29H,15-19,21H2,1-2H3. The summed E-state index contributed by atoms with van der Waals surface area (Å²) < 4.78 is 10.4. The molecule has 0 saturated carbocycles. The summed E-state index contributed by atoms with van der Waals surface area (Å²) in [7, 11) is 3.03. The lowest BCUT2D eigenvalue weighted by atomic mass is 10.0. The number of methoxy groups -OCH3 is 2. The Hall–Kier alpha value is -3.51. The minimum Gasteiger partial charge on any atom is -0.497 e. The zero-order valence-corrected chi connectivity index (χ0v) is 19.9. The van der Waals surface area contributed by atoms with Gasteiger partial charge in [-0.3, -0.25) is 4.90 Å². The summed E-state index contributed by atoms with van der Waals surface area (Å²) >= 11 is 0. The highest BCUT2D eigenvalue weighted by molar-refractivity contribution is 5.96. The van der Waals surface area contributed by atoms with Gasteiger partial charge >= 0.3 is 5.97 Å². The van der Waals surface area contributed by atoms with Crippen LogP contribution >= 0.6 is 0 Å². The van der Waals surface area contributed by atoms with Gasteiger partial charge in [0.2, 0.25) is 0 Å². The monoisotopic (exact) mass is 459 g/mol. The molecule has 178 valence electrons. The second-order valence-corrected chi connectivity index (χ2v) is 8.49. The summed E-state index contributed by atoms with van der Waals surface area (Å²) in [4.78, 5) is 17.3. The molecule has 1 unspecified atom stereocenters. The molecule has 1 aliphatic heterocycles. The van der Waals surface area contributed by atoms with Gasteiger partial charge in [0, 0.05) is 50.5 Å². The molecular weight excluding hydrogens is 426 g/mol. The highest BCUT2D eigenvalue weighted by Crippen LogP contribution is 2.24. The normalized spacial score (nSPS) is 14.9. The van der Waals surface area contributed by atoms with Crippen molar-refractivity contribution in [2.45, 2.75) is 12.5 Å². The number of anilines is 2. The molecule has 6 heteroatoms. The predicted octanol–water partition coefficient (Wildman–Crippen LogP) is 4.33. The summed E-state index contributed by atoms with van der Waals surface area (Å²) in [6.45, 7) is 4.65. The van der Waals surface area contributed by atoms with Crippen molar-refractivity contribution in [3.63, 3.8) is 0 Å². The van der Waals surface area contributed by atoms with Crippen molar-refractivity contribution in [2.24, 2.45) is 0 Å². The van der Waals surface area contributed by atoms with E-state index in [1.165, 1.54) is 18.4 Å². The van der Waals surface area contributed by atoms with Gasteiger partial charge in [0.05, 0.1) is 25.5 Å². The van der Waals surface area contributed by atoms with E-state index >= 15 is 0 Å². The maximum Gasteiger partial charge on any atom is 0.339 e. The van der Waals surface area contributed by atoms with Crippen molar-refractivity contribution < 1.29 is 14.3 Å². The number of para-hydroxylation sites is 1. The molecule has 0 radical (unpaired) electrons. The summed E-state index contributed by atoms with van der Waals surface area (Å²) in [5, 5.41) is 3.53. The van der Waals surface area contributed by atoms with Gasteiger partial charge in [-0.25, -0.2) is 4.79 Å². The molecule has 1 heterocycles. The van der Waals surface area contributed by atoms with Crippen molar-refractivity contribution >= 4 is 17.3 Å². The number of nitrogens with zero attached hydrogens (tertiary/aromatic N) is 2. The molecule has 0 aromatic heterocycles. The zero-order chi connectivity index (χ0) is 23.8. The van der Waals surface area contributed by atoms with Gasteiger partial charge < -0.3 is 19.7 Å². The number of ether oxygens (including phenoxy) is 2. The van der Waals surface area contributed by atoms with Crippen LogP contribution in [0.4, 0.5) is 11.4 Å². The van der Waals surface area contributed by atoms with Crippen LogP contribution in [0.1, 0.15) is 15.9 Å². The zero-order valence-electron chi connectivity index (χ0n) is 19.9. The first-order valence-corrected chi connectivity index (χ1v) is 11.8. The van der Waals surface area contributed by atoms with Crippen molar-refractivity contribution in [1.29, 1.82) is 0 Å². The van der Waals surface area contributed by atoms with Crippen LogP contribution in [-0.2, 0) is 11.2 Å². The van der Waals surface area contributed by atoms with Gasteiger partial charge in [0.1, 0.15) is 5.75 Å². The van der Waals surface area contributed by atoms with Crippen LogP contribution in [0.3, 0.4) is 0 Å². The molecule has 1 N–H and O–H groups in total. The lowest BCUT2D eigenvalue weighted by Gasteiger charge is -2.40. The van der Waals surface area contributed by atoms with Gasteiger partial charge in [-0.15, -0.1) is 0 Å². The molecule has 6 nitrogen and oxygen atoms in total. The topological polar surface area (TPSA) is 54.0 Å². The Labute approximate surface area is 202 Å². The number of rotatable bonds is 9. The maximum atomic E-state index is 12.3.